The maximum atomic E-state index is 12.4. The van der Waals surface area contributed by atoms with E-state index in [9.17, 15) is 8.42 Å². The summed E-state index contributed by atoms with van der Waals surface area (Å²) in [5, 5.41) is 0. The van der Waals surface area contributed by atoms with E-state index >= 15 is 0 Å². The summed E-state index contributed by atoms with van der Waals surface area (Å²) < 4.78 is 37.7. The Balaban J connectivity index is 1.93. The fourth-order valence-corrected chi connectivity index (χ4v) is 3.85. The summed E-state index contributed by atoms with van der Waals surface area (Å²) in [7, 11) is -1.95. The van der Waals surface area contributed by atoms with E-state index in [1.807, 2.05) is 0 Å². The smallest absolute Gasteiger partial charge is 0.240 e. The molecule has 1 saturated carbocycles. The molecule has 1 aromatic carbocycles. The van der Waals surface area contributed by atoms with Gasteiger partial charge in [-0.25, -0.2) is 13.1 Å². The second kappa shape index (κ2) is 8.10. The van der Waals surface area contributed by atoms with Gasteiger partial charge >= 0.3 is 0 Å². The van der Waals surface area contributed by atoms with E-state index in [2.05, 4.69) is 4.72 Å². The van der Waals surface area contributed by atoms with Crippen molar-refractivity contribution in [1.29, 1.82) is 0 Å². The van der Waals surface area contributed by atoms with Crippen LogP contribution in [0.3, 0.4) is 0 Å². The molecule has 23 heavy (non-hydrogen) atoms. The van der Waals surface area contributed by atoms with Crippen LogP contribution < -0.4 is 15.2 Å². The molecule has 2 rings (SSSR count). The molecule has 0 amide bonds. The van der Waals surface area contributed by atoms with Crippen LogP contribution in [0, 0.1) is 0 Å². The van der Waals surface area contributed by atoms with E-state index < -0.39 is 15.6 Å². The van der Waals surface area contributed by atoms with Gasteiger partial charge in [0, 0.05) is 19.2 Å². The van der Waals surface area contributed by atoms with Crippen molar-refractivity contribution in [1.82, 2.24) is 4.72 Å². The van der Waals surface area contributed by atoms with Gasteiger partial charge in [-0.2, -0.15) is 0 Å². The lowest BCUT2D eigenvalue weighted by molar-refractivity contribution is 0.146. The summed E-state index contributed by atoms with van der Waals surface area (Å²) >= 11 is 0. The minimum absolute atomic E-state index is 0.219. The molecule has 7 heteroatoms. The fourth-order valence-electron chi connectivity index (χ4n) is 2.71. The second-order valence-electron chi connectivity index (χ2n) is 6.06. The highest BCUT2D eigenvalue weighted by Crippen LogP contribution is 2.25. The molecule has 0 aromatic heterocycles. The molecule has 0 radical (unpaired) electrons. The molecule has 0 atom stereocenters. The van der Waals surface area contributed by atoms with Crippen molar-refractivity contribution < 1.29 is 17.9 Å². The van der Waals surface area contributed by atoms with Crippen LogP contribution >= 0.6 is 0 Å². The number of benzene rings is 1. The molecule has 1 aromatic rings. The average molecular weight is 342 g/mol. The van der Waals surface area contributed by atoms with Crippen LogP contribution in [-0.2, 0) is 14.8 Å². The number of rotatable bonds is 8. The summed E-state index contributed by atoms with van der Waals surface area (Å²) in [6, 6.07) is 6.36. The number of methoxy groups -OCH3 is 1. The van der Waals surface area contributed by atoms with Gasteiger partial charge in [-0.1, -0.05) is 19.3 Å². The summed E-state index contributed by atoms with van der Waals surface area (Å²) in [5.41, 5.74) is 5.86. The van der Waals surface area contributed by atoms with Gasteiger partial charge < -0.3 is 15.2 Å². The zero-order chi connectivity index (χ0) is 16.8. The lowest BCUT2D eigenvalue weighted by Crippen LogP contribution is -2.51. The maximum Gasteiger partial charge on any atom is 0.240 e. The number of sulfonamides is 1. The Labute approximate surface area is 138 Å². The largest absolute Gasteiger partial charge is 0.491 e. The highest BCUT2D eigenvalue weighted by molar-refractivity contribution is 7.89. The quantitative estimate of drug-likeness (QED) is 0.701. The Kier molecular flexibility index (Phi) is 6.41. The first-order valence-electron chi connectivity index (χ1n) is 7.96. The first kappa shape index (κ1) is 18.2. The van der Waals surface area contributed by atoms with Crippen LogP contribution in [0.15, 0.2) is 29.2 Å². The molecule has 0 bridgehead atoms. The van der Waals surface area contributed by atoms with Gasteiger partial charge in [-0.15, -0.1) is 0 Å². The third-order valence-corrected chi connectivity index (χ3v) is 5.57. The second-order valence-corrected chi connectivity index (χ2v) is 7.83. The number of hydrogen-bond donors (Lipinski definition) is 2. The van der Waals surface area contributed by atoms with E-state index in [0.717, 1.165) is 25.7 Å². The van der Waals surface area contributed by atoms with Crippen molar-refractivity contribution in [2.24, 2.45) is 5.73 Å². The minimum Gasteiger partial charge on any atom is -0.491 e. The van der Waals surface area contributed by atoms with Crippen molar-refractivity contribution in [2.45, 2.75) is 42.5 Å². The molecular formula is C16H26N2O4S. The molecule has 1 aliphatic rings. The summed E-state index contributed by atoms with van der Waals surface area (Å²) in [5.74, 6) is 0.614. The minimum atomic E-state index is -3.55. The third kappa shape index (κ3) is 5.46. The number of hydrogen-bond acceptors (Lipinski definition) is 5. The lowest BCUT2D eigenvalue weighted by atomic mass is 9.83. The van der Waals surface area contributed by atoms with Crippen molar-refractivity contribution in [2.75, 3.05) is 26.9 Å². The Bertz CT molecular complexity index is 581. The monoisotopic (exact) mass is 342 g/mol. The summed E-state index contributed by atoms with van der Waals surface area (Å²) in [4.78, 5) is 0.219. The highest BCUT2D eigenvalue weighted by Gasteiger charge is 2.29. The standard InChI is InChI=1S/C16H26N2O4S/c1-21-11-12-22-14-5-7-15(8-6-14)23(19,20)18-13-16(17)9-3-2-4-10-16/h5-8,18H,2-4,9-13,17H2,1H3. The highest BCUT2D eigenvalue weighted by atomic mass is 32.2. The van der Waals surface area contributed by atoms with Gasteiger partial charge in [0.2, 0.25) is 10.0 Å². The zero-order valence-corrected chi connectivity index (χ0v) is 14.4. The number of ether oxygens (including phenoxy) is 2. The molecular weight excluding hydrogens is 316 g/mol. The average Bonchev–Trinajstić information content (AvgIpc) is 2.55. The van der Waals surface area contributed by atoms with Gasteiger partial charge in [-0.05, 0) is 37.1 Å². The molecule has 1 fully saturated rings. The van der Waals surface area contributed by atoms with Gasteiger partial charge in [0.25, 0.3) is 0 Å². The van der Waals surface area contributed by atoms with Crippen molar-refractivity contribution in [3.05, 3.63) is 24.3 Å². The fraction of sp³-hybridized carbons (Fsp3) is 0.625. The molecule has 6 nitrogen and oxygen atoms in total. The van der Waals surface area contributed by atoms with Crippen molar-refractivity contribution in [3.8, 4) is 5.75 Å². The van der Waals surface area contributed by atoms with Gasteiger partial charge in [0.1, 0.15) is 12.4 Å². The van der Waals surface area contributed by atoms with Gasteiger partial charge in [-0.3, -0.25) is 0 Å². The maximum absolute atomic E-state index is 12.4. The molecule has 0 saturated heterocycles. The van der Waals surface area contributed by atoms with E-state index in [0.29, 0.717) is 19.0 Å². The van der Waals surface area contributed by atoms with E-state index in [4.69, 9.17) is 15.2 Å². The molecule has 0 heterocycles. The first-order valence-corrected chi connectivity index (χ1v) is 9.44. The zero-order valence-electron chi connectivity index (χ0n) is 13.6. The predicted molar refractivity (Wildman–Crippen MR) is 89.0 cm³/mol. The van der Waals surface area contributed by atoms with Crippen LogP contribution in [-0.4, -0.2) is 40.8 Å². The van der Waals surface area contributed by atoms with E-state index in [1.54, 1.807) is 19.2 Å². The third-order valence-electron chi connectivity index (χ3n) is 4.15. The molecule has 0 aliphatic heterocycles. The van der Waals surface area contributed by atoms with E-state index in [-0.39, 0.29) is 11.4 Å². The Morgan fingerprint density at radius 1 is 1.13 bits per heavy atom. The van der Waals surface area contributed by atoms with Crippen molar-refractivity contribution in [3.63, 3.8) is 0 Å². The summed E-state index contributed by atoms with van der Waals surface area (Å²) in [6.45, 7) is 1.19. The molecule has 0 unspecified atom stereocenters. The lowest BCUT2D eigenvalue weighted by Gasteiger charge is -2.33. The number of nitrogens with two attached hydrogens (primary N) is 1. The van der Waals surface area contributed by atoms with Crippen LogP contribution in [0.2, 0.25) is 0 Å². The normalized spacial score (nSPS) is 17.8. The molecule has 0 spiro atoms. The van der Waals surface area contributed by atoms with Crippen LogP contribution in [0.25, 0.3) is 0 Å². The Morgan fingerprint density at radius 2 is 1.78 bits per heavy atom. The molecule has 3 N–H and O–H groups in total. The van der Waals surface area contributed by atoms with Crippen molar-refractivity contribution >= 4 is 10.0 Å². The van der Waals surface area contributed by atoms with Crippen LogP contribution in [0.1, 0.15) is 32.1 Å². The molecule has 1 aliphatic carbocycles. The predicted octanol–water partition coefficient (Wildman–Crippen LogP) is 1.65. The van der Waals surface area contributed by atoms with E-state index in [1.165, 1.54) is 18.6 Å². The Morgan fingerprint density at radius 3 is 2.39 bits per heavy atom. The van der Waals surface area contributed by atoms with Crippen LogP contribution in [0.4, 0.5) is 0 Å². The Hall–Kier alpha value is -1.15. The molecule has 130 valence electrons. The van der Waals surface area contributed by atoms with Gasteiger partial charge in [0.15, 0.2) is 0 Å². The SMILES string of the molecule is COCCOc1ccc(S(=O)(=O)NCC2(N)CCCCC2)cc1. The van der Waals surface area contributed by atoms with Crippen LogP contribution in [0.5, 0.6) is 5.75 Å². The number of nitrogens with one attached hydrogen (secondary N) is 1. The summed E-state index contributed by atoms with van der Waals surface area (Å²) in [6.07, 6.45) is 5.03. The first-order chi connectivity index (χ1) is 11.0. The topological polar surface area (TPSA) is 90.6 Å². The van der Waals surface area contributed by atoms with Gasteiger partial charge in [0.05, 0.1) is 11.5 Å².